The Morgan fingerprint density at radius 3 is 2.44 bits per heavy atom. The number of carbonyl (C=O) groups excluding carboxylic acids is 1. The van der Waals surface area contributed by atoms with E-state index in [0.717, 1.165) is 12.8 Å². The smallest absolute Gasteiger partial charge is 0.353 e. The van der Waals surface area contributed by atoms with Gasteiger partial charge in [-0.3, -0.25) is 10.1 Å². The van der Waals surface area contributed by atoms with Gasteiger partial charge in [0, 0.05) is 24.2 Å². The van der Waals surface area contributed by atoms with Crippen molar-refractivity contribution in [1.29, 1.82) is 0 Å². The van der Waals surface area contributed by atoms with Gasteiger partial charge in [0.2, 0.25) is 11.6 Å². The van der Waals surface area contributed by atoms with E-state index < -0.39 is 10.9 Å². The molecule has 1 aromatic carbocycles. The van der Waals surface area contributed by atoms with E-state index in [9.17, 15) is 14.9 Å². The third kappa shape index (κ3) is 4.96. The van der Waals surface area contributed by atoms with E-state index in [1.807, 2.05) is 0 Å². The Kier molecular flexibility index (Phi) is 6.36. The maximum absolute atomic E-state index is 12.2. The van der Waals surface area contributed by atoms with Gasteiger partial charge in [-0.25, -0.2) is 14.8 Å². The SMILES string of the molecule is COC(=O)c1ccccc1N(C)c1ncnc(NC2CC(C)(C)NC(C)(C)C2)c1[N+](=O)[O-]. The summed E-state index contributed by atoms with van der Waals surface area (Å²) in [7, 11) is 2.91. The summed E-state index contributed by atoms with van der Waals surface area (Å²) in [6.45, 7) is 8.44. The van der Waals surface area contributed by atoms with Gasteiger partial charge >= 0.3 is 11.7 Å². The molecule has 2 heterocycles. The molecule has 1 aromatic heterocycles. The predicted molar refractivity (Wildman–Crippen MR) is 122 cm³/mol. The van der Waals surface area contributed by atoms with E-state index in [0.29, 0.717) is 5.69 Å². The molecule has 1 fully saturated rings. The van der Waals surface area contributed by atoms with Gasteiger partial charge in [0.15, 0.2) is 0 Å². The molecule has 1 aliphatic heterocycles. The van der Waals surface area contributed by atoms with Crippen LogP contribution in [0.5, 0.6) is 0 Å². The molecule has 0 aliphatic carbocycles. The molecule has 0 amide bonds. The minimum absolute atomic E-state index is 0.0182. The van der Waals surface area contributed by atoms with Crippen LogP contribution in [0.1, 0.15) is 50.9 Å². The van der Waals surface area contributed by atoms with E-state index in [1.54, 1.807) is 31.3 Å². The Morgan fingerprint density at radius 2 is 1.84 bits per heavy atom. The molecular formula is C22H30N6O4. The summed E-state index contributed by atoms with van der Waals surface area (Å²) < 4.78 is 4.85. The van der Waals surface area contributed by atoms with Crippen LogP contribution in [0.25, 0.3) is 0 Å². The lowest BCUT2D eigenvalue weighted by molar-refractivity contribution is -0.383. The summed E-state index contributed by atoms with van der Waals surface area (Å²) in [5.74, 6) is -0.307. The van der Waals surface area contributed by atoms with Crippen molar-refractivity contribution in [1.82, 2.24) is 15.3 Å². The second-order valence-electron chi connectivity index (χ2n) is 9.36. The number of piperidine rings is 1. The van der Waals surface area contributed by atoms with Crippen LogP contribution in [-0.4, -0.2) is 52.1 Å². The highest BCUT2D eigenvalue weighted by Gasteiger charge is 2.39. The summed E-state index contributed by atoms with van der Waals surface area (Å²) in [6.07, 6.45) is 2.83. The molecule has 10 heteroatoms. The summed E-state index contributed by atoms with van der Waals surface area (Å²) in [6, 6.07) is 6.71. The molecule has 32 heavy (non-hydrogen) atoms. The molecule has 172 valence electrons. The van der Waals surface area contributed by atoms with Gasteiger partial charge in [-0.15, -0.1) is 0 Å². The molecule has 1 aliphatic rings. The lowest BCUT2D eigenvalue weighted by atomic mass is 9.79. The molecule has 0 atom stereocenters. The Labute approximate surface area is 187 Å². The number of methoxy groups -OCH3 is 1. The van der Waals surface area contributed by atoms with Gasteiger partial charge in [0.25, 0.3) is 0 Å². The van der Waals surface area contributed by atoms with Crippen molar-refractivity contribution in [2.75, 3.05) is 24.4 Å². The number of nitrogens with one attached hydrogen (secondary N) is 2. The zero-order valence-electron chi connectivity index (χ0n) is 19.3. The summed E-state index contributed by atoms with van der Waals surface area (Å²) in [4.78, 5) is 33.7. The maximum Gasteiger partial charge on any atom is 0.353 e. The van der Waals surface area contributed by atoms with Crippen molar-refractivity contribution in [3.05, 3.63) is 46.3 Å². The summed E-state index contributed by atoms with van der Waals surface area (Å²) in [5.41, 5.74) is 0.197. The van der Waals surface area contributed by atoms with Crippen LogP contribution in [0.2, 0.25) is 0 Å². The molecule has 2 aromatic rings. The zero-order chi connectivity index (χ0) is 23.7. The van der Waals surface area contributed by atoms with Crippen LogP contribution in [0.3, 0.4) is 0 Å². The van der Waals surface area contributed by atoms with Crippen molar-refractivity contribution >= 4 is 29.0 Å². The van der Waals surface area contributed by atoms with Crippen molar-refractivity contribution in [2.24, 2.45) is 0 Å². The van der Waals surface area contributed by atoms with E-state index in [4.69, 9.17) is 4.74 Å². The highest BCUT2D eigenvalue weighted by atomic mass is 16.6. The Bertz CT molecular complexity index is 1010. The highest BCUT2D eigenvalue weighted by Crippen LogP contribution is 2.38. The first-order valence-electron chi connectivity index (χ1n) is 10.4. The topological polar surface area (TPSA) is 123 Å². The first-order chi connectivity index (χ1) is 14.9. The largest absolute Gasteiger partial charge is 0.465 e. The lowest BCUT2D eigenvalue weighted by Gasteiger charge is -2.46. The van der Waals surface area contributed by atoms with Crippen LogP contribution in [0.15, 0.2) is 30.6 Å². The number of para-hydroxylation sites is 1. The minimum Gasteiger partial charge on any atom is -0.465 e. The lowest BCUT2D eigenvalue weighted by Crippen LogP contribution is -2.60. The van der Waals surface area contributed by atoms with Crippen LogP contribution in [-0.2, 0) is 4.74 Å². The van der Waals surface area contributed by atoms with Crippen LogP contribution in [0, 0.1) is 10.1 Å². The molecule has 2 N–H and O–H groups in total. The third-order valence-corrected chi connectivity index (χ3v) is 5.50. The van der Waals surface area contributed by atoms with Gasteiger partial charge < -0.3 is 20.3 Å². The monoisotopic (exact) mass is 442 g/mol. The molecular weight excluding hydrogens is 412 g/mol. The molecule has 0 saturated carbocycles. The fourth-order valence-electron chi connectivity index (χ4n) is 4.67. The standard InChI is InChI=1S/C22H30N6O4/c1-21(2)11-14(12-22(3,4)26-21)25-18-17(28(30)31)19(24-13-23-18)27(5)16-10-8-7-9-15(16)20(29)32-6/h7-10,13-14,26H,11-12H2,1-6H3,(H,23,24,25). The van der Waals surface area contributed by atoms with E-state index in [1.165, 1.54) is 18.3 Å². The third-order valence-electron chi connectivity index (χ3n) is 5.50. The first kappa shape index (κ1) is 23.4. The van der Waals surface area contributed by atoms with Crippen LogP contribution in [0.4, 0.5) is 23.0 Å². The van der Waals surface area contributed by atoms with Gasteiger partial charge in [-0.05, 0) is 52.7 Å². The second kappa shape index (κ2) is 8.70. The number of rotatable bonds is 6. The minimum atomic E-state index is -0.540. The molecule has 10 nitrogen and oxygen atoms in total. The number of benzene rings is 1. The van der Waals surface area contributed by atoms with E-state index >= 15 is 0 Å². The van der Waals surface area contributed by atoms with Gasteiger partial charge in [0.1, 0.15) is 6.33 Å². The Balaban J connectivity index is 2.01. The quantitative estimate of drug-likeness (QED) is 0.392. The number of anilines is 3. The van der Waals surface area contributed by atoms with Crippen molar-refractivity contribution in [3.8, 4) is 0 Å². The molecule has 0 bridgehead atoms. The fraction of sp³-hybridized carbons (Fsp3) is 0.500. The average molecular weight is 443 g/mol. The first-order valence-corrected chi connectivity index (χ1v) is 10.4. The highest BCUT2D eigenvalue weighted by molar-refractivity contribution is 5.97. The number of ether oxygens (including phenoxy) is 1. The van der Waals surface area contributed by atoms with Gasteiger partial charge in [-0.1, -0.05) is 12.1 Å². The zero-order valence-corrected chi connectivity index (χ0v) is 19.3. The van der Waals surface area contributed by atoms with E-state index in [2.05, 4.69) is 48.3 Å². The van der Waals surface area contributed by atoms with Crippen molar-refractivity contribution in [2.45, 2.75) is 57.7 Å². The fourth-order valence-corrected chi connectivity index (χ4v) is 4.67. The van der Waals surface area contributed by atoms with Crippen LogP contribution >= 0.6 is 0 Å². The predicted octanol–water partition coefficient (Wildman–Crippen LogP) is 3.66. The molecule has 0 spiro atoms. The number of nitrogens with zero attached hydrogens (tertiary/aromatic N) is 4. The maximum atomic E-state index is 12.2. The Morgan fingerprint density at radius 1 is 1.22 bits per heavy atom. The van der Waals surface area contributed by atoms with Crippen LogP contribution < -0.4 is 15.5 Å². The number of hydrogen-bond acceptors (Lipinski definition) is 9. The van der Waals surface area contributed by atoms with Gasteiger partial charge in [0.05, 0.1) is 23.3 Å². The molecule has 3 rings (SSSR count). The number of aromatic nitrogens is 2. The van der Waals surface area contributed by atoms with Crippen molar-refractivity contribution in [3.63, 3.8) is 0 Å². The summed E-state index contributed by atoms with van der Waals surface area (Å²) in [5, 5.41) is 19.0. The van der Waals surface area contributed by atoms with E-state index in [-0.39, 0.29) is 40.0 Å². The molecule has 0 radical (unpaired) electrons. The number of nitro groups is 1. The second-order valence-corrected chi connectivity index (χ2v) is 9.36. The summed E-state index contributed by atoms with van der Waals surface area (Å²) >= 11 is 0. The normalized spacial score (nSPS) is 17.4. The number of esters is 1. The molecule has 0 unspecified atom stereocenters. The van der Waals surface area contributed by atoms with Gasteiger partial charge in [-0.2, -0.15) is 0 Å². The average Bonchev–Trinajstić information content (AvgIpc) is 2.70. The van der Waals surface area contributed by atoms with Crippen molar-refractivity contribution < 1.29 is 14.5 Å². The molecule has 1 saturated heterocycles. The number of carbonyl (C=O) groups is 1. The Hall–Kier alpha value is -3.27. The number of hydrogen-bond donors (Lipinski definition) is 2.